The number of esters is 1. The predicted molar refractivity (Wildman–Crippen MR) is 65.4 cm³/mol. The quantitative estimate of drug-likeness (QED) is 0.805. The maximum Gasteiger partial charge on any atom is 0.411 e. The minimum Gasteiger partial charge on any atom is -0.478 e. The highest BCUT2D eigenvalue weighted by atomic mass is 16.5. The third-order valence-electron chi connectivity index (χ3n) is 2.20. The molecule has 0 aliphatic heterocycles. The average molecular weight is 267 g/mol. The van der Waals surface area contributed by atoms with Crippen LogP contribution in [0.1, 0.15) is 27.6 Å². The van der Waals surface area contributed by atoms with E-state index in [9.17, 15) is 14.4 Å². The second-order valence-electron chi connectivity index (χ2n) is 3.37. The van der Waals surface area contributed by atoms with Crippen molar-refractivity contribution in [1.82, 2.24) is 0 Å². The number of carboxylic acid groups (broad SMARTS) is 1. The van der Waals surface area contributed by atoms with E-state index in [-0.39, 0.29) is 23.4 Å². The highest BCUT2D eigenvalue weighted by Crippen LogP contribution is 2.21. The van der Waals surface area contributed by atoms with E-state index in [0.29, 0.717) is 0 Å². The number of anilines is 1. The van der Waals surface area contributed by atoms with E-state index in [0.717, 1.165) is 7.11 Å². The largest absolute Gasteiger partial charge is 0.478 e. The number of ether oxygens (including phenoxy) is 2. The Kier molecular flexibility index (Phi) is 4.87. The summed E-state index contributed by atoms with van der Waals surface area (Å²) < 4.78 is 9.14. The first kappa shape index (κ1) is 14.5. The van der Waals surface area contributed by atoms with Gasteiger partial charge >= 0.3 is 18.0 Å². The summed E-state index contributed by atoms with van der Waals surface area (Å²) >= 11 is 0. The van der Waals surface area contributed by atoms with Crippen LogP contribution in [0.2, 0.25) is 0 Å². The highest BCUT2D eigenvalue weighted by Gasteiger charge is 2.22. The average Bonchev–Trinajstić information content (AvgIpc) is 2.38. The van der Waals surface area contributed by atoms with Crippen LogP contribution in [0.25, 0.3) is 0 Å². The molecule has 0 atom stereocenters. The van der Waals surface area contributed by atoms with Gasteiger partial charge in [-0.3, -0.25) is 5.32 Å². The zero-order chi connectivity index (χ0) is 14.4. The van der Waals surface area contributed by atoms with Crippen molar-refractivity contribution in [2.45, 2.75) is 6.92 Å². The number of hydrogen-bond acceptors (Lipinski definition) is 5. The maximum absolute atomic E-state index is 11.6. The molecule has 1 aromatic carbocycles. The summed E-state index contributed by atoms with van der Waals surface area (Å²) in [4.78, 5) is 34.0. The van der Waals surface area contributed by atoms with Gasteiger partial charge in [-0.25, -0.2) is 14.4 Å². The summed E-state index contributed by atoms with van der Waals surface area (Å²) in [5.41, 5.74) is -0.514. The van der Waals surface area contributed by atoms with Gasteiger partial charge < -0.3 is 14.6 Å². The fraction of sp³-hybridized carbons (Fsp3) is 0.250. The molecule has 0 aromatic heterocycles. The molecule has 0 radical (unpaired) electrons. The number of amides is 1. The van der Waals surface area contributed by atoms with Gasteiger partial charge in [0, 0.05) is 0 Å². The van der Waals surface area contributed by atoms with Crippen LogP contribution < -0.4 is 5.32 Å². The van der Waals surface area contributed by atoms with E-state index in [4.69, 9.17) is 9.84 Å². The summed E-state index contributed by atoms with van der Waals surface area (Å²) in [6.07, 6.45) is -0.830. The fourth-order valence-corrected chi connectivity index (χ4v) is 1.43. The molecular weight excluding hydrogens is 254 g/mol. The molecule has 1 aromatic rings. The van der Waals surface area contributed by atoms with Crippen LogP contribution in [0.5, 0.6) is 0 Å². The molecule has 1 rings (SSSR count). The van der Waals surface area contributed by atoms with Gasteiger partial charge in [0.2, 0.25) is 0 Å². The number of carbonyl (C=O) groups is 3. The van der Waals surface area contributed by atoms with Crippen LogP contribution in [0, 0.1) is 0 Å². The van der Waals surface area contributed by atoms with Crippen molar-refractivity contribution in [3.8, 4) is 0 Å². The first-order chi connectivity index (χ1) is 9.01. The normalized spacial score (nSPS) is 9.58. The van der Waals surface area contributed by atoms with Gasteiger partial charge in [0.05, 0.1) is 30.5 Å². The number of aromatic carboxylic acids is 1. The zero-order valence-electron chi connectivity index (χ0n) is 10.4. The van der Waals surface area contributed by atoms with Gasteiger partial charge in [-0.1, -0.05) is 6.07 Å². The molecule has 1 amide bonds. The maximum atomic E-state index is 11.6. The van der Waals surface area contributed by atoms with Crippen molar-refractivity contribution in [2.24, 2.45) is 0 Å². The lowest BCUT2D eigenvalue weighted by Crippen LogP contribution is -2.18. The molecule has 0 saturated carbocycles. The number of rotatable bonds is 4. The van der Waals surface area contributed by atoms with Gasteiger partial charge in [0.25, 0.3) is 0 Å². The number of carbonyl (C=O) groups excluding carboxylic acids is 2. The van der Waals surface area contributed by atoms with Gasteiger partial charge in [-0.2, -0.15) is 0 Å². The van der Waals surface area contributed by atoms with Gasteiger partial charge in [-0.05, 0) is 19.1 Å². The lowest BCUT2D eigenvalue weighted by Gasteiger charge is -2.11. The lowest BCUT2D eigenvalue weighted by molar-refractivity contribution is 0.0514. The van der Waals surface area contributed by atoms with Gasteiger partial charge in [-0.15, -0.1) is 0 Å². The number of methoxy groups -OCH3 is 1. The van der Waals surface area contributed by atoms with Crippen molar-refractivity contribution in [1.29, 1.82) is 0 Å². The SMILES string of the molecule is CCOC(=O)c1cccc(NC(=O)OC)c1C(=O)O. The molecule has 0 spiro atoms. The van der Waals surface area contributed by atoms with Crippen LogP contribution in [-0.4, -0.2) is 36.9 Å². The Labute approximate surface area is 109 Å². The third kappa shape index (κ3) is 3.44. The van der Waals surface area contributed by atoms with E-state index >= 15 is 0 Å². The summed E-state index contributed by atoms with van der Waals surface area (Å²) in [5, 5.41) is 11.4. The van der Waals surface area contributed by atoms with Crippen molar-refractivity contribution in [2.75, 3.05) is 19.0 Å². The Morgan fingerprint density at radius 1 is 1.32 bits per heavy atom. The predicted octanol–water partition coefficient (Wildman–Crippen LogP) is 1.74. The topological polar surface area (TPSA) is 102 Å². The Hall–Kier alpha value is -2.57. The van der Waals surface area contributed by atoms with Crippen LogP contribution in [0.3, 0.4) is 0 Å². The molecule has 19 heavy (non-hydrogen) atoms. The van der Waals surface area contributed by atoms with Crippen LogP contribution in [-0.2, 0) is 9.47 Å². The molecule has 0 saturated heterocycles. The molecule has 0 fully saturated rings. The van der Waals surface area contributed by atoms with Crippen LogP contribution in [0.15, 0.2) is 18.2 Å². The van der Waals surface area contributed by atoms with Crippen molar-refractivity contribution < 1.29 is 29.0 Å². The van der Waals surface area contributed by atoms with Crippen molar-refractivity contribution in [3.05, 3.63) is 29.3 Å². The summed E-state index contributed by atoms with van der Waals surface area (Å²) in [5.74, 6) is -2.12. The van der Waals surface area contributed by atoms with Gasteiger partial charge in [0.15, 0.2) is 0 Å². The molecule has 7 nitrogen and oxygen atoms in total. The van der Waals surface area contributed by atoms with Crippen LogP contribution in [0.4, 0.5) is 10.5 Å². The molecule has 0 aliphatic rings. The van der Waals surface area contributed by atoms with Crippen LogP contribution >= 0.6 is 0 Å². The van der Waals surface area contributed by atoms with E-state index < -0.39 is 18.0 Å². The zero-order valence-corrected chi connectivity index (χ0v) is 10.4. The fourth-order valence-electron chi connectivity index (χ4n) is 1.43. The Morgan fingerprint density at radius 3 is 2.53 bits per heavy atom. The van der Waals surface area contributed by atoms with E-state index in [1.165, 1.54) is 18.2 Å². The molecular formula is C12H13NO6. The minimum atomic E-state index is -1.35. The molecule has 0 aliphatic carbocycles. The van der Waals surface area contributed by atoms with E-state index in [1.54, 1.807) is 6.92 Å². The second-order valence-corrected chi connectivity index (χ2v) is 3.37. The lowest BCUT2D eigenvalue weighted by atomic mass is 10.1. The Morgan fingerprint density at radius 2 is 2.00 bits per heavy atom. The third-order valence-corrected chi connectivity index (χ3v) is 2.20. The van der Waals surface area contributed by atoms with Gasteiger partial charge in [0.1, 0.15) is 0 Å². The smallest absolute Gasteiger partial charge is 0.411 e. The summed E-state index contributed by atoms with van der Waals surface area (Å²) in [6, 6.07) is 4.09. The van der Waals surface area contributed by atoms with E-state index in [1.807, 2.05) is 0 Å². The molecule has 0 unspecified atom stereocenters. The molecule has 0 bridgehead atoms. The molecule has 2 N–H and O–H groups in total. The summed E-state index contributed by atoms with van der Waals surface area (Å²) in [7, 11) is 1.14. The minimum absolute atomic E-state index is 0.0371. The Bertz CT molecular complexity index is 511. The number of carboxylic acids is 1. The first-order valence-electron chi connectivity index (χ1n) is 5.39. The molecule has 102 valence electrons. The summed E-state index contributed by atoms with van der Waals surface area (Å²) in [6.45, 7) is 1.72. The van der Waals surface area contributed by atoms with Crippen molar-refractivity contribution in [3.63, 3.8) is 0 Å². The number of benzene rings is 1. The molecule has 0 heterocycles. The second kappa shape index (κ2) is 6.39. The highest BCUT2D eigenvalue weighted by molar-refractivity contribution is 6.08. The Balaban J connectivity index is 3.25. The number of nitrogens with one attached hydrogen (secondary N) is 1. The standard InChI is InChI=1S/C12H13NO6/c1-3-19-11(16)7-5-4-6-8(9(7)10(14)15)13-12(17)18-2/h4-6H,3H2,1-2H3,(H,13,17)(H,14,15). The monoisotopic (exact) mass is 267 g/mol. The first-order valence-corrected chi connectivity index (χ1v) is 5.39. The molecule has 7 heteroatoms. The number of hydrogen-bond donors (Lipinski definition) is 2. The van der Waals surface area contributed by atoms with Crippen molar-refractivity contribution >= 4 is 23.7 Å². The van der Waals surface area contributed by atoms with E-state index in [2.05, 4.69) is 10.1 Å².